The van der Waals surface area contributed by atoms with Gasteiger partial charge in [0.15, 0.2) is 0 Å². The van der Waals surface area contributed by atoms with Crippen molar-refractivity contribution in [2.24, 2.45) is 0 Å². The van der Waals surface area contributed by atoms with Crippen molar-refractivity contribution in [3.05, 3.63) is 63.5 Å². The third-order valence-corrected chi connectivity index (χ3v) is 4.93. The molecule has 0 saturated heterocycles. The number of carbonyl (C=O) groups excluding carboxylic acids is 1. The molecule has 0 saturated carbocycles. The molecular formula is C17H16BrNO5S. The highest BCUT2D eigenvalue weighted by Gasteiger charge is 2.18. The van der Waals surface area contributed by atoms with E-state index in [1.165, 1.54) is 32.4 Å². The number of methoxy groups -OCH3 is 2. The van der Waals surface area contributed by atoms with Crippen LogP contribution in [0.3, 0.4) is 0 Å². The van der Waals surface area contributed by atoms with Crippen molar-refractivity contribution < 1.29 is 22.7 Å². The smallest absolute Gasteiger partial charge is 0.265 e. The molecular weight excluding hydrogens is 410 g/mol. The quantitative estimate of drug-likeness (QED) is 0.768. The zero-order valence-electron chi connectivity index (χ0n) is 13.5. The van der Waals surface area contributed by atoms with Crippen LogP contribution in [0.2, 0.25) is 0 Å². The molecule has 0 fully saturated rings. The molecule has 1 amide bonds. The highest BCUT2D eigenvalue weighted by atomic mass is 79.9. The fraction of sp³-hybridized carbons (Fsp3) is 0.118. The van der Waals surface area contributed by atoms with Crippen molar-refractivity contribution >= 4 is 37.9 Å². The fourth-order valence-electron chi connectivity index (χ4n) is 1.95. The summed E-state index contributed by atoms with van der Waals surface area (Å²) in [6.45, 7) is 0. The van der Waals surface area contributed by atoms with Crippen LogP contribution in [0.15, 0.2) is 52.3 Å². The number of halogens is 1. The molecule has 0 bridgehead atoms. The van der Waals surface area contributed by atoms with E-state index in [-0.39, 0.29) is 5.56 Å². The predicted octanol–water partition coefficient (Wildman–Crippen LogP) is 3.20. The number of amides is 1. The third-order valence-electron chi connectivity index (χ3n) is 3.18. The number of sulfonamides is 1. The first-order chi connectivity index (χ1) is 11.9. The van der Waals surface area contributed by atoms with Gasteiger partial charge in [-0.2, -0.15) is 0 Å². The molecule has 0 spiro atoms. The van der Waals surface area contributed by atoms with Crippen molar-refractivity contribution in [3.8, 4) is 11.5 Å². The number of nitrogens with one attached hydrogen (secondary N) is 1. The molecule has 25 heavy (non-hydrogen) atoms. The van der Waals surface area contributed by atoms with E-state index in [0.29, 0.717) is 21.5 Å². The largest absolute Gasteiger partial charge is 0.495 e. The summed E-state index contributed by atoms with van der Waals surface area (Å²) in [6.07, 6.45) is 1.40. The first-order valence-electron chi connectivity index (χ1n) is 7.08. The van der Waals surface area contributed by atoms with Crippen LogP contribution in [0.5, 0.6) is 11.5 Å². The lowest BCUT2D eigenvalue weighted by Crippen LogP contribution is -2.28. The van der Waals surface area contributed by atoms with E-state index < -0.39 is 15.9 Å². The van der Waals surface area contributed by atoms with Crippen LogP contribution >= 0.6 is 15.9 Å². The summed E-state index contributed by atoms with van der Waals surface area (Å²) in [5, 5.41) is 0.938. The van der Waals surface area contributed by atoms with Crippen molar-refractivity contribution in [2.45, 2.75) is 0 Å². The van der Waals surface area contributed by atoms with Crippen LogP contribution < -0.4 is 14.2 Å². The molecule has 6 nitrogen and oxygen atoms in total. The molecule has 8 heteroatoms. The van der Waals surface area contributed by atoms with Gasteiger partial charge in [-0.25, -0.2) is 13.1 Å². The normalized spacial score (nSPS) is 11.3. The van der Waals surface area contributed by atoms with Crippen molar-refractivity contribution in [1.82, 2.24) is 4.72 Å². The van der Waals surface area contributed by atoms with Gasteiger partial charge in [0.25, 0.3) is 15.9 Å². The molecule has 0 aromatic heterocycles. The molecule has 0 aliphatic rings. The van der Waals surface area contributed by atoms with Crippen LogP contribution in [0.4, 0.5) is 0 Å². The van der Waals surface area contributed by atoms with Gasteiger partial charge in [-0.3, -0.25) is 4.79 Å². The Balaban J connectivity index is 2.22. The Morgan fingerprint density at radius 1 is 1.08 bits per heavy atom. The van der Waals surface area contributed by atoms with Gasteiger partial charge in [0.05, 0.1) is 19.6 Å². The second kappa shape index (κ2) is 8.17. The maximum absolute atomic E-state index is 12.3. The van der Waals surface area contributed by atoms with Crippen LogP contribution in [-0.4, -0.2) is 28.5 Å². The van der Waals surface area contributed by atoms with E-state index in [0.717, 1.165) is 5.41 Å². The SMILES string of the molecule is COc1cc(C(=O)NS(=O)(=O)C=Cc2ccccc2)cc(OC)c1Br. The van der Waals surface area contributed by atoms with Gasteiger partial charge in [0.1, 0.15) is 16.0 Å². The predicted molar refractivity (Wildman–Crippen MR) is 99.1 cm³/mol. The molecule has 0 atom stereocenters. The van der Waals surface area contributed by atoms with Gasteiger partial charge in [-0.05, 0) is 39.7 Å². The topological polar surface area (TPSA) is 81.7 Å². The number of rotatable bonds is 6. The number of ether oxygens (including phenoxy) is 2. The lowest BCUT2D eigenvalue weighted by atomic mass is 10.2. The molecule has 0 unspecified atom stereocenters. The van der Waals surface area contributed by atoms with Crippen LogP contribution in [0.25, 0.3) is 6.08 Å². The van der Waals surface area contributed by atoms with Gasteiger partial charge in [0, 0.05) is 5.56 Å². The third kappa shape index (κ3) is 5.07. The lowest BCUT2D eigenvalue weighted by Gasteiger charge is -2.11. The zero-order chi connectivity index (χ0) is 18.4. The van der Waals surface area contributed by atoms with Gasteiger partial charge >= 0.3 is 0 Å². The van der Waals surface area contributed by atoms with Crippen LogP contribution in [-0.2, 0) is 10.0 Å². The van der Waals surface area contributed by atoms with E-state index in [1.807, 2.05) is 10.8 Å². The Hall–Kier alpha value is -2.32. The number of hydrogen-bond donors (Lipinski definition) is 1. The monoisotopic (exact) mass is 425 g/mol. The second-order valence-corrected chi connectivity index (χ2v) is 7.24. The summed E-state index contributed by atoms with van der Waals surface area (Å²) in [4.78, 5) is 12.3. The average Bonchev–Trinajstić information content (AvgIpc) is 2.60. The standard InChI is InChI=1S/C17H16BrNO5S/c1-23-14-10-13(11-15(24-2)16(14)18)17(20)19-25(21,22)9-8-12-6-4-3-5-7-12/h3-11H,1-2H3,(H,19,20). The summed E-state index contributed by atoms with van der Waals surface area (Å²) >= 11 is 3.29. The highest BCUT2D eigenvalue weighted by molar-refractivity contribution is 9.10. The maximum Gasteiger partial charge on any atom is 0.265 e. The van der Waals surface area contributed by atoms with Crippen molar-refractivity contribution in [3.63, 3.8) is 0 Å². The van der Waals surface area contributed by atoms with E-state index in [4.69, 9.17) is 9.47 Å². The Labute approximate surface area is 154 Å². The van der Waals surface area contributed by atoms with E-state index in [9.17, 15) is 13.2 Å². The van der Waals surface area contributed by atoms with Gasteiger partial charge in [0.2, 0.25) is 0 Å². The first-order valence-corrected chi connectivity index (χ1v) is 9.42. The van der Waals surface area contributed by atoms with Crippen molar-refractivity contribution in [1.29, 1.82) is 0 Å². The molecule has 0 aliphatic carbocycles. The Morgan fingerprint density at radius 2 is 1.64 bits per heavy atom. The highest BCUT2D eigenvalue weighted by Crippen LogP contribution is 2.35. The Bertz CT molecular complexity index is 870. The summed E-state index contributed by atoms with van der Waals surface area (Å²) in [5.41, 5.74) is 0.792. The molecule has 0 aliphatic heterocycles. The molecule has 132 valence electrons. The summed E-state index contributed by atoms with van der Waals surface area (Å²) in [5.74, 6) is -0.0923. The number of benzene rings is 2. The second-order valence-electron chi connectivity index (χ2n) is 4.88. The molecule has 2 aromatic carbocycles. The maximum atomic E-state index is 12.3. The molecule has 1 N–H and O–H groups in total. The zero-order valence-corrected chi connectivity index (χ0v) is 15.9. The lowest BCUT2D eigenvalue weighted by molar-refractivity contribution is 0.0981. The minimum Gasteiger partial charge on any atom is -0.495 e. The Morgan fingerprint density at radius 3 is 2.16 bits per heavy atom. The average molecular weight is 426 g/mol. The number of carbonyl (C=O) groups is 1. The van der Waals surface area contributed by atoms with Crippen molar-refractivity contribution in [2.75, 3.05) is 14.2 Å². The van der Waals surface area contributed by atoms with E-state index in [2.05, 4.69) is 15.9 Å². The molecule has 0 heterocycles. The molecule has 2 rings (SSSR count). The summed E-state index contributed by atoms with van der Waals surface area (Å²) < 4.78 is 36.9. The Kier molecular flexibility index (Phi) is 6.22. The molecule has 0 radical (unpaired) electrons. The molecule has 2 aromatic rings. The van der Waals surface area contributed by atoms with Gasteiger partial charge in [-0.15, -0.1) is 0 Å². The minimum absolute atomic E-state index is 0.0913. The van der Waals surface area contributed by atoms with Crippen LogP contribution in [0, 0.1) is 0 Å². The summed E-state index contributed by atoms with van der Waals surface area (Å²) in [7, 11) is -1.09. The minimum atomic E-state index is -3.95. The first kappa shape index (κ1) is 19.0. The summed E-state index contributed by atoms with van der Waals surface area (Å²) in [6, 6.07) is 11.7. The van der Waals surface area contributed by atoms with Crippen LogP contribution in [0.1, 0.15) is 15.9 Å². The van der Waals surface area contributed by atoms with E-state index >= 15 is 0 Å². The van der Waals surface area contributed by atoms with E-state index in [1.54, 1.807) is 24.3 Å². The fourth-order valence-corrected chi connectivity index (χ4v) is 3.29. The van der Waals surface area contributed by atoms with Gasteiger partial charge < -0.3 is 9.47 Å². The number of hydrogen-bond acceptors (Lipinski definition) is 5. The van der Waals surface area contributed by atoms with Gasteiger partial charge in [-0.1, -0.05) is 30.3 Å².